The van der Waals surface area contributed by atoms with Crippen molar-refractivity contribution in [2.75, 3.05) is 0 Å². The summed E-state index contributed by atoms with van der Waals surface area (Å²) >= 11 is 1.60. The third-order valence-electron chi connectivity index (χ3n) is 18.0. The van der Waals surface area contributed by atoms with Crippen molar-refractivity contribution >= 4 is 27.1 Å². The molecule has 3 heteroatoms. The van der Waals surface area contributed by atoms with E-state index in [1.165, 1.54) is 60.5 Å². The van der Waals surface area contributed by atoms with Crippen molar-refractivity contribution in [1.29, 1.82) is 0 Å². The Morgan fingerprint density at radius 1 is 0.586 bits per heavy atom. The van der Waals surface area contributed by atoms with E-state index in [-0.39, 0.29) is 62.7 Å². The maximum Gasteiger partial charge on any atom is -1.00 e. The fraction of sp³-hybridized carbons (Fsp3) is 0.309. The summed E-state index contributed by atoms with van der Waals surface area (Å²) in [6, 6.07) is 31.8. The molecule has 8 atom stereocenters. The molecule has 2 fully saturated rings. The van der Waals surface area contributed by atoms with Crippen LogP contribution >= 0.6 is 0 Å². The van der Waals surface area contributed by atoms with Crippen LogP contribution in [0.5, 0.6) is 0 Å². The van der Waals surface area contributed by atoms with Gasteiger partial charge in [0, 0.05) is 0 Å². The molecular formula is C55H53Cl2Zr. The van der Waals surface area contributed by atoms with E-state index in [9.17, 15) is 0 Å². The van der Waals surface area contributed by atoms with Gasteiger partial charge in [-0.1, -0.05) is 0 Å². The number of benzene rings is 4. The number of fused-ring (bicyclic) bond motifs is 10. The summed E-state index contributed by atoms with van der Waals surface area (Å²) in [6.45, 7) is 21.1. The van der Waals surface area contributed by atoms with Crippen molar-refractivity contribution in [3.05, 3.63) is 197 Å². The predicted molar refractivity (Wildman–Crippen MR) is 234 cm³/mol. The van der Waals surface area contributed by atoms with Crippen molar-refractivity contribution < 1.29 is 49.5 Å². The Labute approximate surface area is 374 Å². The molecule has 0 nitrogen and oxygen atoms in total. The van der Waals surface area contributed by atoms with E-state index in [4.69, 9.17) is 0 Å². The Hall–Kier alpha value is -3.48. The maximum absolute atomic E-state index is 2.76. The molecule has 0 aromatic heterocycles. The summed E-state index contributed by atoms with van der Waals surface area (Å²) in [5, 5.41) is 5.16. The molecule has 0 bridgehead atoms. The first-order chi connectivity index (χ1) is 26.8. The van der Waals surface area contributed by atoms with Crippen molar-refractivity contribution in [2.24, 2.45) is 37.9 Å². The van der Waals surface area contributed by atoms with Crippen molar-refractivity contribution in [3.63, 3.8) is 0 Å². The third kappa shape index (κ3) is 4.47. The second kappa shape index (κ2) is 13.5. The molecule has 6 aliphatic rings. The first kappa shape index (κ1) is 41.3. The molecule has 0 saturated heterocycles. The van der Waals surface area contributed by atoms with Gasteiger partial charge in [0.2, 0.25) is 0 Å². The van der Waals surface area contributed by atoms with E-state index in [1.807, 2.05) is 0 Å². The van der Waals surface area contributed by atoms with Gasteiger partial charge in [-0.05, 0) is 0 Å². The molecule has 0 heterocycles. The van der Waals surface area contributed by atoms with Gasteiger partial charge in [-0.25, -0.2) is 0 Å². The van der Waals surface area contributed by atoms with Gasteiger partial charge in [-0.2, -0.15) is 0 Å². The van der Waals surface area contributed by atoms with Gasteiger partial charge in [0.05, 0.1) is 0 Å². The monoisotopic (exact) mass is 873 g/mol. The summed E-state index contributed by atoms with van der Waals surface area (Å²) in [7, 11) is 0. The minimum Gasteiger partial charge on any atom is -1.00 e. The fourth-order valence-corrected chi connectivity index (χ4v) is 16.5. The van der Waals surface area contributed by atoms with Crippen LogP contribution in [0, 0.1) is 37.9 Å². The Balaban J connectivity index is 0.00000235. The second-order valence-corrected chi connectivity index (χ2v) is 20.3. The van der Waals surface area contributed by atoms with E-state index >= 15 is 0 Å². The summed E-state index contributed by atoms with van der Waals surface area (Å²) in [6.07, 6.45) is 30.7. The molecule has 0 N–H and O–H groups in total. The Morgan fingerprint density at radius 3 is 1.60 bits per heavy atom. The zero-order valence-electron chi connectivity index (χ0n) is 35.1. The van der Waals surface area contributed by atoms with Crippen LogP contribution in [0.2, 0.25) is 3.63 Å². The molecule has 8 unspecified atom stereocenters. The maximum atomic E-state index is 2.76. The Bertz CT molecular complexity index is 2620. The Morgan fingerprint density at radius 2 is 1.07 bits per heavy atom. The van der Waals surface area contributed by atoms with Gasteiger partial charge in [0.1, 0.15) is 0 Å². The average molecular weight is 876 g/mol. The number of rotatable bonds is 3. The van der Waals surface area contributed by atoms with Crippen LogP contribution < -0.4 is 24.8 Å². The number of hydrogen-bond acceptors (Lipinski definition) is 0. The smallest absolute Gasteiger partial charge is 1.00 e. The van der Waals surface area contributed by atoms with Crippen LogP contribution in [0.1, 0.15) is 72.9 Å². The SMILES string of the molecule is CC1=C(C2=CC=CC2)C(=C(c2cccc3ccccc23)c2cccc3ccccc23)C=C2[CH]([Zr+2])C3(C)C4(C)C=CC=CC4(C)C4(C)C=CC=CC4(C)C3(C)C21C.[Cl-].[Cl-]. The van der Waals surface area contributed by atoms with Gasteiger partial charge in [-0.3, -0.25) is 0 Å². The van der Waals surface area contributed by atoms with Crippen LogP contribution in [-0.4, -0.2) is 0 Å². The van der Waals surface area contributed by atoms with Gasteiger partial charge in [0.15, 0.2) is 0 Å². The number of allylic oxidation sites excluding steroid dienone is 17. The molecule has 0 spiro atoms. The summed E-state index contributed by atoms with van der Waals surface area (Å²) in [4.78, 5) is 0. The largest absolute Gasteiger partial charge is 1.00 e. The topological polar surface area (TPSA) is 0 Å². The molecule has 0 amide bonds. The average Bonchev–Trinajstić information content (AvgIpc) is 3.79. The van der Waals surface area contributed by atoms with E-state index in [0.717, 1.165) is 6.42 Å². The summed E-state index contributed by atoms with van der Waals surface area (Å²) < 4.78 is 0.384. The van der Waals surface area contributed by atoms with E-state index in [2.05, 4.69) is 213 Å². The van der Waals surface area contributed by atoms with Crippen LogP contribution in [0.4, 0.5) is 0 Å². The van der Waals surface area contributed by atoms with Crippen molar-refractivity contribution in [1.82, 2.24) is 0 Å². The molecule has 10 rings (SSSR count). The summed E-state index contributed by atoms with van der Waals surface area (Å²) in [5.41, 5.74) is 10.4. The van der Waals surface area contributed by atoms with Gasteiger partial charge in [-0.15, -0.1) is 0 Å². The zero-order valence-corrected chi connectivity index (χ0v) is 39.0. The van der Waals surface area contributed by atoms with Gasteiger partial charge < -0.3 is 24.8 Å². The van der Waals surface area contributed by atoms with E-state index < -0.39 is 0 Å². The van der Waals surface area contributed by atoms with Crippen LogP contribution in [0.3, 0.4) is 0 Å². The molecule has 6 aliphatic carbocycles. The molecule has 2 saturated carbocycles. The normalized spacial score (nSPS) is 36.4. The minimum atomic E-state index is -0.217. The van der Waals surface area contributed by atoms with Crippen molar-refractivity contribution in [3.8, 4) is 0 Å². The summed E-state index contributed by atoms with van der Waals surface area (Å²) in [5.74, 6) is 0. The van der Waals surface area contributed by atoms with Crippen LogP contribution in [0.15, 0.2) is 186 Å². The van der Waals surface area contributed by atoms with Crippen molar-refractivity contribution in [2.45, 2.75) is 65.4 Å². The quantitative estimate of drug-likeness (QED) is 0.194. The molecule has 0 radical (unpaired) electrons. The number of halogens is 2. The van der Waals surface area contributed by atoms with E-state index in [0.29, 0.717) is 3.63 Å². The predicted octanol–water partition coefficient (Wildman–Crippen LogP) is 8.60. The standard InChI is InChI=1S/C55H53.2ClH.Zr/c1-37-47(40-23-9-10-24-40)46(48(44-29-19-25-38-21-11-13-27-42(38)44)45-30-20-26-39-22-12-14-28-43(39)45)35-41-36-53(6)51(4)33-16-15-31-49(51,2)50(3)32-17-18-34-52(50,5)55(53,8)54(37,41)7;;;/h9-23,25-36H,24H2,1-8H3;2*1H;/q;;;+2/p-2. The molecule has 4 aromatic carbocycles. The fourth-order valence-electron chi connectivity index (χ4n) is 14.1. The minimum absolute atomic E-state index is 0. The molecule has 291 valence electrons. The Kier molecular flexibility index (Phi) is 9.62. The third-order valence-corrected chi connectivity index (χ3v) is 20.2. The number of hydrogen-bond donors (Lipinski definition) is 0. The first-order valence-corrected chi connectivity index (χ1v) is 22.1. The van der Waals surface area contributed by atoms with Crippen LogP contribution in [-0.2, 0) is 24.7 Å². The second-order valence-electron chi connectivity index (χ2n) is 18.9. The van der Waals surface area contributed by atoms with E-state index in [1.54, 1.807) is 30.3 Å². The molecule has 58 heavy (non-hydrogen) atoms. The first-order valence-electron chi connectivity index (χ1n) is 20.7. The zero-order chi connectivity index (χ0) is 39.1. The van der Waals surface area contributed by atoms with Gasteiger partial charge >= 0.3 is 352 Å². The molecule has 4 aromatic rings. The van der Waals surface area contributed by atoms with Crippen LogP contribution in [0.25, 0.3) is 27.1 Å². The molecular weight excluding hydrogens is 823 g/mol. The van der Waals surface area contributed by atoms with Gasteiger partial charge in [0.25, 0.3) is 0 Å². The molecule has 0 aliphatic heterocycles.